The van der Waals surface area contributed by atoms with Crippen molar-refractivity contribution in [3.63, 3.8) is 0 Å². The zero-order valence-corrected chi connectivity index (χ0v) is 43.4. The van der Waals surface area contributed by atoms with Gasteiger partial charge in [-0.25, -0.2) is 0 Å². The maximum absolute atomic E-state index is 11.2. The Labute approximate surface area is 408 Å². The van der Waals surface area contributed by atoms with Crippen LogP contribution >= 0.6 is 0 Å². The summed E-state index contributed by atoms with van der Waals surface area (Å²) in [7, 11) is 0. The third-order valence-electron chi connectivity index (χ3n) is 15.7. The van der Waals surface area contributed by atoms with E-state index in [2.05, 4.69) is 5.32 Å². The van der Waals surface area contributed by atoms with Crippen LogP contribution in [0.5, 0.6) is 0 Å². The Morgan fingerprint density at radius 1 is 0.652 bits per heavy atom. The second-order valence-corrected chi connectivity index (χ2v) is 22.8. The molecule has 19 nitrogen and oxygen atoms in total. The summed E-state index contributed by atoms with van der Waals surface area (Å²) in [5.74, 6) is -1.46. The predicted octanol–water partition coefficient (Wildman–Crippen LogP) is 1.35. The van der Waals surface area contributed by atoms with Crippen molar-refractivity contribution < 1.29 is 88.5 Å². The predicted molar refractivity (Wildman–Crippen MR) is 249 cm³/mol. The third kappa shape index (κ3) is 12.5. The second kappa shape index (κ2) is 23.4. The first-order valence-electron chi connectivity index (χ1n) is 24.9. The second-order valence-electron chi connectivity index (χ2n) is 22.8. The number of hydrogen-bond donors (Lipinski definition) is 9. The van der Waals surface area contributed by atoms with Gasteiger partial charge in [-0.1, -0.05) is 69.2 Å². The average molecular weight is 990 g/mol. The molecule has 7 rings (SSSR count). The summed E-state index contributed by atoms with van der Waals surface area (Å²) >= 11 is 0. The zero-order chi connectivity index (χ0) is 52.5. The number of aliphatic hydroxyl groups excluding tert-OH is 8. The first kappa shape index (κ1) is 59.5. The largest absolute Gasteiger partial charge is 0.394 e. The number of amides is 1. The smallest absolute Gasteiger partial charge is 0.217 e. The van der Waals surface area contributed by atoms with Crippen LogP contribution in [0.3, 0.4) is 0 Å². The molecule has 69 heavy (non-hydrogen) atoms. The highest BCUT2D eigenvalue weighted by Crippen LogP contribution is 2.50. The summed E-state index contributed by atoms with van der Waals surface area (Å²) in [4.78, 5) is 44.8. The maximum Gasteiger partial charge on any atom is 0.217 e. The number of aliphatic hydroxyl groups is 8. The highest BCUT2D eigenvalue weighted by Gasteiger charge is 2.62. The van der Waals surface area contributed by atoms with Crippen LogP contribution in [-0.4, -0.2) is 180 Å². The molecule has 7 aliphatic rings. The number of fused-ring (bicyclic) bond motifs is 6. The van der Waals surface area contributed by atoms with E-state index in [0.29, 0.717) is 13.0 Å². The molecule has 0 saturated carbocycles. The van der Waals surface area contributed by atoms with Gasteiger partial charge < -0.3 is 89.0 Å². The molecule has 0 spiro atoms. The van der Waals surface area contributed by atoms with Crippen molar-refractivity contribution in [1.29, 1.82) is 0 Å². The number of ketones is 3. The van der Waals surface area contributed by atoms with Gasteiger partial charge in [0.25, 0.3) is 0 Å². The van der Waals surface area contributed by atoms with E-state index in [4.69, 9.17) is 33.5 Å². The lowest BCUT2D eigenvalue weighted by molar-refractivity contribution is -0.281. The first-order valence-corrected chi connectivity index (χ1v) is 24.9. The number of rotatable bonds is 11. The number of carbonyl (C=O) groups excluding carboxylic acids is 4. The van der Waals surface area contributed by atoms with Gasteiger partial charge in [-0.05, 0) is 50.9 Å². The van der Waals surface area contributed by atoms with Gasteiger partial charge in [-0.2, -0.15) is 0 Å². The molecule has 7 saturated heterocycles. The van der Waals surface area contributed by atoms with E-state index in [0.717, 1.165) is 12.8 Å². The van der Waals surface area contributed by atoms with Gasteiger partial charge in [-0.15, -0.1) is 0 Å². The van der Waals surface area contributed by atoms with E-state index in [9.17, 15) is 54.9 Å². The van der Waals surface area contributed by atoms with Gasteiger partial charge >= 0.3 is 0 Å². The Morgan fingerprint density at radius 3 is 1.64 bits per heavy atom. The molecular weight excluding hydrogens is 903 g/mol. The van der Waals surface area contributed by atoms with E-state index in [-0.39, 0.29) is 102 Å². The fraction of sp³-hybridized carbons (Fsp3) is 0.920. The zero-order valence-electron chi connectivity index (χ0n) is 43.4. The standard InChI is InChI=1S/2C13H22O4.C12H23NO5.C12H20O5/c1-7(2)13-9(4)12(15)10(5-8(3)14)11(17-13)6-16-13;1-7(2)13-5-4-10(17-13)9(6-8(3)14)11(15)12(13)16;1-6(15)13-8-10(17)9(16)7(5-14)18-11(8)12(2,3)4;1-6(2)12-5-16-11(17-12)8(4-7(3)13)9(14)10(12)15/h7,9-12,15H,5-6H2,1-4H3;7,9-12,15-16H,4-6H2,1-3H3;7-11,14,16-17H,5H2,1-4H3,(H,13,15);6,8-11,14-15H,4-5H2,1-3H3/t9-,10+,11-,12+,13-;9-,10+,11+,12+,13+;;8-,9-,10-,11+,12-/m10.1/s1. The van der Waals surface area contributed by atoms with Crippen LogP contribution in [0.2, 0.25) is 0 Å². The summed E-state index contributed by atoms with van der Waals surface area (Å²) in [6.07, 6.45) is -6.34. The minimum atomic E-state index is -1.22. The Bertz CT molecular complexity index is 1590. The Morgan fingerprint density at radius 2 is 1.16 bits per heavy atom. The molecular formula is C50H87NO18. The molecule has 20 atom stereocenters. The van der Waals surface area contributed by atoms with Crippen molar-refractivity contribution in [3.8, 4) is 0 Å². The monoisotopic (exact) mass is 990 g/mol. The minimum absolute atomic E-state index is 0.0359. The quantitative estimate of drug-likeness (QED) is 0.141. The number of hydrogen-bond acceptors (Lipinski definition) is 18. The number of nitrogens with one attached hydrogen (secondary N) is 1. The molecule has 7 fully saturated rings. The fourth-order valence-electron chi connectivity index (χ4n) is 11.6. The van der Waals surface area contributed by atoms with Crippen LogP contribution in [0.1, 0.15) is 129 Å². The lowest BCUT2D eigenvalue weighted by Crippen LogP contribution is -2.66. The Balaban J connectivity index is 0.000000200. The molecule has 0 aromatic heterocycles. The highest BCUT2D eigenvalue weighted by atomic mass is 16.8. The van der Waals surface area contributed by atoms with Crippen molar-refractivity contribution in [3.05, 3.63) is 0 Å². The normalized spacial score (nSPS) is 43.2. The topological polar surface area (TPSA) is 298 Å². The average Bonchev–Trinajstić information content (AvgIpc) is 3.99. The van der Waals surface area contributed by atoms with Crippen LogP contribution in [-0.2, 0) is 47.6 Å². The SMILES string of the molecule is CC(=O)C[C@@H]1[C@@H](O)[C@@H](C)[C@]2(C(C)C)OC[C@H]1O2.CC(=O)C[C@@H]1[C@@H](O)[C@@H](O)[C@]2(C(C)C)CC[C@H]1O2.CC(=O)C[C@H]1[C@H]2OC[C@](C(C)C)(O2)[C@H](O)[C@@H]1O.CC(=O)NC1C(O)C(O)C(CO)OC1C(C)(C)C. The van der Waals surface area contributed by atoms with Crippen LogP contribution in [0, 0.1) is 46.8 Å². The minimum Gasteiger partial charge on any atom is -0.394 e. The van der Waals surface area contributed by atoms with Crippen molar-refractivity contribution in [2.75, 3.05) is 19.8 Å². The van der Waals surface area contributed by atoms with E-state index >= 15 is 0 Å². The summed E-state index contributed by atoms with van der Waals surface area (Å²) in [6.45, 7) is 25.8. The van der Waals surface area contributed by atoms with Crippen LogP contribution in [0.4, 0.5) is 0 Å². The molecule has 6 bridgehead atoms. The van der Waals surface area contributed by atoms with Crippen LogP contribution in [0.15, 0.2) is 0 Å². The lowest BCUT2D eigenvalue weighted by atomic mass is 9.76. The van der Waals surface area contributed by atoms with Crippen molar-refractivity contribution in [1.82, 2.24) is 5.32 Å². The molecule has 7 aliphatic heterocycles. The van der Waals surface area contributed by atoms with E-state index in [1.807, 2.05) is 69.2 Å². The maximum atomic E-state index is 11.2. The Kier molecular flexibility index (Phi) is 20.2. The van der Waals surface area contributed by atoms with E-state index in [1.54, 1.807) is 6.92 Å². The number of carbonyl (C=O) groups is 4. The fourth-order valence-corrected chi connectivity index (χ4v) is 11.6. The van der Waals surface area contributed by atoms with E-state index in [1.165, 1.54) is 20.8 Å². The summed E-state index contributed by atoms with van der Waals surface area (Å²) in [5.41, 5.74) is -1.80. The molecule has 1 amide bonds. The van der Waals surface area contributed by atoms with Gasteiger partial charge in [0.05, 0.1) is 68.1 Å². The van der Waals surface area contributed by atoms with Gasteiger partial charge in [0.2, 0.25) is 5.91 Å². The molecule has 7 heterocycles. The molecule has 0 aliphatic carbocycles. The molecule has 0 aromatic carbocycles. The van der Waals surface area contributed by atoms with E-state index < -0.39 is 90.2 Å². The molecule has 0 radical (unpaired) electrons. The van der Waals surface area contributed by atoms with Gasteiger partial charge in [0.15, 0.2) is 12.1 Å². The van der Waals surface area contributed by atoms with Crippen LogP contribution in [0.25, 0.3) is 0 Å². The van der Waals surface area contributed by atoms with Gasteiger partial charge in [0.1, 0.15) is 53.5 Å². The van der Waals surface area contributed by atoms with Gasteiger partial charge in [0, 0.05) is 55.8 Å². The van der Waals surface area contributed by atoms with Gasteiger partial charge in [-0.3, -0.25) is 4.79 Å². The highest BCUT2D eigenvalue weighted by molar-refractivity contribution is 5.76. The summed E-state index contributed by atoms with van der Waals surface area (Å²) < 4.78 is 34.7. The lowest BCUT2D eigenvalue weighted by Gasteiger charge is -2.47. The molecule has 9 N–H and O–H groups in total. The molecule has 0 aromatic rings. The number of ether oxygens (including phenoxy) is 6. The molecule has 5 unspecified atom stereocenters. The number of Topliss-reactive ketones (excluding diaryl/α,β-unsaturated/α-hetero) is 3. The summed E-state index contributed by atoms with van der Waals surface area (Å²) in [6, 6.07) is -0.694. The van der Waals surface area contributed by atoms with Crippen molar-refractivity contribution in [2.45, 2.75) is 226 Å². The molecule has 400 valence electrons. The van der Waals surface area contributed by atoms with Crippen molar-refractivity contribution in [2.24, 2.45) is 46.8 Å². The Hall–Kier alpha value is -2.08. The van der Waals surface area contributed by atoms with Crippen LogP contribution < -0.4 is 5.32 Å². The third-order valence-corrected chi connectivity index (χ3v) is 15.7. The first-order chi connectivity index (χ1) is 31.8. The summed E-state index contributed by atoms with van der Waals surface area (Å²) in [5, 5.41) is 82.8. The van der Waals surface area contributed by atoms with Crippen molar-refractivity contribution >= 4 is 23.3 Å². The molecule has 19 heteroatoms.